The second kappa shape index (κ2) is 5.58. The van der Waals surface area contributed by atoms with E-state index in [1.807, 2.05) is 48.2 Å². The maximum atomic E-state index is 6.34. The van der Waals surface area contributed by atoms with Gasteiger partial charge in [-0.15, -0.1) is 0 Å². The number of hydrogen-bond donors (Lipinski definition) is 1. The van der Waals surface area contributed by atoms with Gasteiger partial charge in [-0.25, -0.2) is 0 Å². The van der Waals surface area contributed by atoms with Crippen LogP contribution in [0.1, 0.15) is 17.2 Å². The Bertz CT molecular complexity index is 692. The molecule has 0 amide bonds. The highest BCUT2D eigenvalue weighted by atomic mass is 35.5. The van der Waals surface area contributed by atoms with Gasteiger partial charge < -0.3 is 10.6 Å². The maximum absolute atomic E-state index is 6.34. The first-order valence-corrected chi connectivity index (χ1v) is 7.43. The van der Waals surface area contributed by atoms with Gasteiger partial charge in [-0.3, -0.25) is 4.99 Å². The monoisotopic (exact) mass is 319 g/mol. The SMILES string of the molecule is Cc1cccc(N2C(N)=NCC2c2c(Cl)cccc2Cl)c1. The number of nitrogens with zero attached hydrogens (tertiary/aromatic N) is 2. The van der Waals surface area contributed by atoms with E-state index in [0.29, 0.717) is 22.5 Å². The molecule has 0 saturated carbocycles. The van der Waals surface area contributed by atoms with Crippen molar-refractivity contribution in [1.82, 2.24) is 0 Å². The zero-order chi connectivity index (χ0) is 15.0. The Morgan fingerprint density at radius 1 is 1.14 bits per heavy atom. The number of halogens is 2. The number of hydrogen-bond acceptors (Lipinski definition) is 3. The van der Waals surface area contributed by atoms with Gasteiger partial charge in [-0.2, -0.15) is 0 Å². The molecular weight excluding hydrogens is 305 g/mol. The Balaban J connectivity index is 2.07. The Hall–Kier alpha value is -1.71. The van der Waals surface area contributed by atoms with E-state index in [4.69, 9.17) is 28.9 Å². The molecule has 1 aliphatic rings. The molecule has 21 heavy (non-hydrogen) atoms. The molecule has 2 N–H and O–H groups in total. The lowest BCUT2D eigenvalue weighted by Gasteiger charge is -2.28. The molecule has 108 valence electrons. The highest BCUT2D eigenvalue weighted by Gasteiger charge is 2.31. The van der Waals surface area contributed by atoms with Crippen LogP contribution in [0.2, 0.25) is 10.0 Å². The van der Waals surface area contributed by atoms with Gasteiger partial charge in [0, 0.05) is 21.3 Å². The number of guanidine groups is 1. The maximum Gasteiger partial charge on any atom is 0.196 e. The average molecular weight is 320 g/mol. The zero-order valence-corrected chi connectivity index (χ0v) is 13.1. The summed E-state index contributed by atoms with van der Waals surface area (Å²) in [5.41, 5.74) is 9.10. The summed E-state index contributed by atoms with van der Waals surface area (Å²) in [7, 11) is 0. The lowest BCUT2D eigenvalue weighted by atomic mass is 10.0. The summed E-state index contributed by atoms with van der Waals surface area (Å²) in [6.45, 7) is 2.59. The number of nitrogens with two attached hydrogens (primary N) is 1. The van der Waals surface area contributed by atoms with E-state index in [1.54, 1.807) is 0 Å². The summed E-state index contributed by atoms with van der Waals surface area (Å²) >= 11 is 12.7. The number of aryl methyl sites for hydroxylation is 1. The van der Waals surface area contributed by atoms with E-state index >= 15 is 0 Å². The summed E-state index contributed by atoms with van der Waals surface area (Å²) in [4.78, 5) is 6.35. The van der Waals surface area contributed by atoms with E-state index < -0.39 is 0 Å². The third-order valence-corrected chi connectivity index (χ3v) is 4.26. The fourth-order valence-electron chi connectivity index (χ4n) is 2.64. The topological polar surface area (TPSA) is 41.6 Å². The number of aliphatic imine (C=N–C) groups is 1. The van der Waals surface area contributed by atoms with Crippen LogP contribution < -0.4 is 10.6 Å². The van der Waals surface area contributed by atoms with E-state index in [0.717, 1.165) is 16.8 Å². The predicted octanol–water partition coefficient (Wildman–Crippen LogP) is 4.18. The Kier molecular flexibility index (Phi) is 3.79. The third-order valence-electron chi connectivity index (χ3n) is 3.60. The Morgan fingerprint density at radius 3 is 2.48 bits per heavy atom. The number of anilines is 1. The van der Waals surface area contributed by atoms with Crippen molar-refractivity contribution in [3.8, 4) is 0 Å². The summed E-state index contributed by atoms with van der Waals surface area (Å²) in [6.07, 6.45) is 0. The van der Waals surface area contributed by atoms with Crippen LogP contribution in [0.3, 0.4) is 0 Å². The molecule has 2 aromatic rings. The molecule has 1 heterocycles. The molecule has 1 aliphatic heterocycles. The van der Waals surface area contributed by atoms with Crippen molar-refractivity contribution < 1.29 is 0 Å². The first-order valence-electron chi connectivity index (χ1n) is 6.67. The van der Waals surface area contributed by atoms with Gasteiger partial charge in [-0.05, 0) is 36.8 Å². The van der Waals surface area contributed by atoms with Crippen LogP contribution in [0.4, 0.5) is 5.69 Å². The van der Waals surface area contributed by atoms with E-state index in [9.17, 15) is 0 Å². The van der Waals surface area contributed by atoms with Gasteiger partial charge in [0.25, 0.3) is 0 Å². The molecule has 0 spiro atoms. The quantitative estimate of drug-likeness (QED) is 0.902. The summed E-state index contributed by atoms with van der Waals surface area (Å²) < 4.78 is 0. The Morgan fingerprint density at radius 2 is 1.81 bits per heavy atom. The van der Waals surface area contributed by atoms with Crippen molar-refractivity contribution in [3.05, 3.63) is 63.6 Å². The minimum Gasteiger partial charge on any atom is -0.369 e. The summed E-state index contributed by atoms with van der Waals surface area (Å²) in [5, 5.41) is 1.27. The van der Waals surface area contributed by atoms with Crippen LogP contribution in [-0.4, -0.2) is 12.5 Å². The van der Waals surface area contributed by atoms with Crippen LogP contribution in [0.15, 0.2) is 47.5 Å². The van der Waals surface area contributed by atoms with Crippen molar-refractivity contribution in [2.75, 3.05) is 11.4 Å². The average Bonchev–Trinajstić information content (AvgIpc) is 2.80. The molecular formula is C16H15Cl2N3. The van der Waals surface area contributed by atoms with Crippen molar-refractivity contribution in [2.24, 2.45) is 10.7 Å². The van der Waals surface area contributed by atoms with Crippen molar-refractivity contribution in [2.45, 2.75) is 13.0 Å². The van der Waals surface area contributed by atoms with Crippen LogP contribution in [0.25, 0.3) is 0 Å². The molecule has 0 fully saturated rings. The van der Waals surface area contributed by atoms with Gasteiger partial charge >= 0.3 is 0 Å². The van der Waals surface area contributed by atoms with Crippen LogP contribution in [-0.2, 0) is 0 Å². The molecule has 0 aromatic heterocycles. The van der Waals surface area contributed by atoms with E-state index in [2.05, 4.69) is 11.1 Å². The van der Waals surface area contributed by atoms with Crippen molar-refractivity contribution >= 4 is 34.8 Å². The molecule has 1 unspecified atom stereocenters. The fraction of sp³-hybridized carbons (Fsp3) is 0.188. The molecule has 0 bridgehead atoms. The van der Waals surface area contributed by atoms with E-state index in [-0.39, 0.29) is 6.04 Å². The zero-order valence-electron chi connectivity index (χ0n) is 11.6. The second-order valence-electron chi connectivity index (χ2n) is 5.06. The van der Waals surface area contributed by atoms with Gasteiger partial charge in [-0.1, -0.05) is 41.4 Å². The van der Waals surface area contributed by atoms with Gasteiger partial charge in [0.15, 0.2) is 5.96 Å². The molecule has 3 nitrogen and oxygen atoms in total. The second-order valence-corrected chi connectivity index (χ2v) is 5.87. The molecule has 5 heteroatoms. The first kappa shape index (κ1) is 14.2. The predicted molar refractivity (Wildman–Crippen MR) is 89.4 cm³/mol. The highest BCUT2D eigenvalue weighted by Crippen LogP contribution is 2.38. The lowest BCUT2D eigenvalue weighted by Crippen LogP contribution is -2.36. The lowest BCUT2D eigenvalue weighted by molar-refractivity contribution is 0.769. The summed E-state index contributed by atoms with van der Waals surface area (Å²) in [5.74, 6) is 0.488. The number of benzene rings is 2. The standard InChI is InChI=1S/C16H15Cl2N3/c1-10-4-2-5-11(8-10)21-14(9-20-16(21)19)15-12(17)6-3-7-13(15)18/h2-8,14H,9H2,1H3,(H2,19,20). The van der Waals surface area contributed by atoms with Gasteiger partial charge in [0.05, 0.1) is 12.6 Å². The molecule has 0 aliphatic carbocycles. The minimum absolute atomic E-state index is 0.0759. The molecule has 0 radical (unpaired) electrons. The van der Waals surface area contributed by atoms with Crippen molar-refractivity contribution in [1.29, 1.82) is 0 Å². The highest BCUT2D eigenvalue weighted by molar-refractivity contribution is 6.36. The smallest absolute Gasteiger partial charge is 0.196 e. The van der Waals surface area contributed by atoms with Crippen molar-refractivity contribution in [3.63, 3.8) is 0 Å². The molecule has 3 rings (SSSR count). The fourth-order valence-corrected chi connectivity index (χ4v) is 3.29. The molecule has 0 saturated heterocycles. The normalized spacial score (nSPS) is 18.0. The third kappa shape index (κ3) is 2.59. The summed E-state index contributed by atoms with van der Waals surface area (Å²) in [6, 6.07) is 13.6. The van der Waals surface area contributed by atoms with Crippen LogP contribution in [0.5, 0.6) is 0 Å². The number of rotatable bonds is 2. The van der Waals surface area contributed by atoms with Gasteiger partial charge in [0.2, 0.25) is 0 Å². The Labute approximate surface area is 134 Å². The van der Waals surface area contributed by atoms with E-state index in [1.165, 1.54) is 0 Å². The largest absolute Gasteiger partial charge is 0.369 e. The minimum atomic E-state index is -0.0759. The van der Waals surface area contributed by atoms with Gasteiger partial charge in [0.1, 0.15) is 0 Å². The molecule has 1 atom stereocenters. The first-order chi connectivity index (χ1) is 10.1. The van der Waals surface area contributed by atoms with Crippen LogP contribution in [0, 0.1) is 6.92 Å². The molecule has 2 aromatic carbocycles. The van der Waals surface area contributed by atoms with Crippen LogP contribution >= 0.6 is 23.2 Å².